The Morgan fingerprint density at radius 1 is 0.900 bits per heavy atom. The summed E-state index contributed by atoms with van der Waals surface area (Å²) < 4.78 is 54.4. The van der Waals surface area contributed by atoms with E-state index < -0.39 is 29.8 Å². The van der Waals surface area contributed by atoms with E-state index in [9.17, 15) is 16.8 Å². The van der Waals surface area contributed by atoms with Crippen molar-refractivity contribution in [2.45, 2.75) is 0 Å². The van der Waals surface area contributed by atoms with Gasteiger partial charge >= 0.3 is 55.7 Å². The van der Waals surface area contributed by atoms with Gasteiger partial charge in [0.1, 0.15) is 0 Å². The van der Waals surface area contributed by atoms with Gasteiger partial charge in [0.2, 0.25) is 0 Å². The Morgan fingerprint density at radius 3 is 1.10 bits per heavy atom. The van der Waals surface area contributed by atoms with Crippen LogP contribution in [0.4, 0.5) is 0 Å². The van der Waals surface area contributed by atoms with Gasteiger partial charge in [0, 0.05) is 23.9 Å². The predicted molar refractivity (Wildman–Crippen MR) is 34.6 cm³/mol. The van der Waals surface area contributed by atoms with E-state index in [1.54, 1.807) is 0 Å². The van der Waals surface area contributed by atoms with Crippen molar-refractivity contribution in [2.75, 3.05) is 0 Å². The van der Waals surface area contributed by atoms with Gasteiger partial charge in [-0.2, -0.15) is 0 Å². The van der Waals surface area contributed by atoms with Crippen LogP contribution in [0.1, 0.15) is 0 Å². The van der Waals surface area contributed by atoms with E-state index in [1.807, 2.05) is 0 Å². The van der Waals surface area contributed by atoms with E-state index in [1.165, 1.54) is 0 Å². The van der Waals surface area contributed by atoms with Crippen LogP contribution in [0.15, 0.2) is 0 Å². The van der Waals surface area contributed by atoms with Gasteiger partial charge in [-0.15, -0.1) is 0 Å². The molecule has 0 fully saturated rings. The van der Waals surface area contributed by atoms with E-state index in [2.05, 4.69) is 0 Å². The Kier molecular flexibility index (Phi) is 5.81. The van der Waals surface area contributed by atoms with Crippen LogP contribution in [-0.4, -0.2) is 62.6 Å². The van der Waals surface area contributed by atoms with Crippen molar-refractivity contribution in [3.63, 3.8) is 0 Å². The molecule has 0 heterocycles. The first-order valence-electron chi connectivity index (χ1n) is 1.37. The second kappa shape index (κ2) is 4.24. The molecular formula is H2O6S2SeSn. The van der Waals surface area contributed by atoms with E-state index in [0.717, 1.165) is 0 Å². The summed E-state index contributed by atoms with van der Waals surface area (Å²) in [5.74, 6) is 0. The van der Waals surface area contributed by atoms with Crippen LogP contribution in [0, 0.1) is 0 Å². The normalized spacial score (nSPS) is 12.2. The van der Waals surface area contributed by atoms with Crippen molar-refractivity contribution in [3.8, 4) is 0 Å². The van der Waals surface area contributed by atoms with Crippen LogP contribution < -0.4 is 0 Å². The molecule has 0 aromatic carbocycles. The zero-order valence-corrected chi connectivity index (χ0v) is 10.5. The molecule has 4 radical (unpaired) electrons. The Labute approximate surface area is 79.1 Å². The zero-order valence-electron chi connectivity index (χ0n) is 4.25. The molecule has 2 N–H and O–H groups in total. The van der Waals surface area contributed by atoms with Crippen molar-refractivity contribution in [3.05, 3.63) is 0 Å². The minimum absolute atomic E-state index is 0. The topological polar surface area (TPSA) is 109 Å². The van der Waals surface area contributed by atoms with Gasteiger partial charge in [-0.05, 0) is 0 Å². The largest absolute Gasteiger partial charge is 0 e. The summed E-state index contributed by atoms with van der Waals surface area (Å²) in [4.78, 5) is 0. The molecule has 0 amide bonds. The molecule has 60 valence electrons. The minimum atomic E-state index is -4.56. The van der Waals surface area contributed by atoms with Gasteiger partial charge in [-0.1, -0.05) is 0 Å². The van der Waals surface area contributed by atoms with E-state index >= 15 is 0 Å². The fraction of sp³-hybridized carbons (Fsp3) is 0. The molecule has 0 saturated heterocycles. The van der Waals surface area contributed by atoms with E-state index in [-0.39, 0.29) is 23.9 Å². The average molecular weight is 360 g/mol. The number of hydrogen-bond acceptors (Lipinski definition) is 4. The van der Waals surface area contributed by atoms with Gasteiger partial charge < -0.3 is 0 Å². The summed E-state index contributed by atoms with van der Waals surface area (Å²) in [7, 11) is -9.11. The van der Waals surface area contributed by atoms with Crippen LogP contribution in [0.25, 0.3) is 0 Å². The molecule has 10 heteroatoms. The smallest absolute Gasteiger partial charge is 0 e. The fourth-order valence-corrected chi connectivity index (χ4v) is 5.08. The molecule has 0 unspecified atom stereocenters. The Hall–Kier alpha value is 1.14. The maximum atomic E-state index is 9.69. The molecule has 0 aliphatic heterocycles. The molecule has 0 saturated carbocycles. The molecule has 0 bridgehead atoms. The monoisotopic (exact) mass is 362 g/mol. The first-order chi connectivity index (χ1) is 3.71. The quantitative estimate of drug-likeness (QED) is 0.432. The molecule has 0 spiro atoms. The average Bonchev–Trinajstić information content (AvgIpc) is 1.14. The number of rotatable bonds is 2. The standard InChI is InChI=1S/H2O6S2Se.Sn/c1-7(2,3)9-8(4,5)6;/h(H,1,2,3)(H,4,5,6);. The van der Waals surface area contributed by atoms with Gasteiger partial charge in [0.15, 0.2) is 0 Å². The third kappa shape index (κ3) is 11.9. The SMILES string of the molecule is O=S(=O)(O)[Se]S(=O)(=O)O.[Sn]. The summed E-state index contributed by atoms with van der Waals surface area (Å²) >= 11 is -2.19. The summed E-state index contributed by atoms with van der Waals surface area (Å²) in [6, 6.07) is 0. The predicted octanol–water partition coefficient (Wildman–Crippen LogP) is -2.08. The van der Waals surface area contributed by atoms with Gasteiger partial charge in [-0.3, -0.25) is 0 Å². The molecule has 0 aromatic rings. The van der Waals surface area contributed by atoms with Crippen molar-refractivity contribution in [2.24, 2.45) is 0 Å². The molecular weight excluding hydrogens is 358 g/mol. The van der Waals surface area contributed by atoms with E-state index in [0.29, 0.717) is 0 Å². The summed E-state index contributed by atoms with van der Waals surface area (Å²) in [6.07, 6.45) is 0. The summed E-state index contributed by atoms with van der Waals surface area (Å²) in [6.45, 7) is 0. The second-order valence-corrected chi connectivity index (χ2v) is 11.1. The third-order valence-corrected chi connectivity index (χ3v) is 8.04. The third-order valence-electron chi connectivity index (χ3n) is 0.172. The molecule has 0 aliphatic rings. The van der Waals surface area contributed by atoms with Crippen LogP contribution in [0.3, 0.4) is 0 Å². The van der Waals surface area contributed by atoms with E-state index in [4.69, 9.17) is 9.11 Å². The number of hydrogen-bond donors (Lipinski definition) is 2. The molecule has 0 aliphatic carbocycles. The van der Waals surface area contributed by atoms with Gasteiger partial charge in [-0.25, -0.2) is 0 Å². The molecule has 10 heavy (non-hydrogen) atoms. The molecule has 6 nitrogen and oxygen atoms in total. The molecule has 0 aromatic heterocycles. The first-order valence-corrected chi connectivity index (χ1v) is 8.29. The second-order valence-electron chi connectivity index (χ2n) is 0.924. The van der Waals surface area contributed by atoms with Crippen molar-refractivity contribution in [1.29, 1.82) is 0 Å². The Balaban J connectivity index is 0. The summed E-state index contributed by atoms with van der Waals surface area (Å²) in [5.41, 5.74) is 0. The van der Waals surface area contributed by atoms with Crippen LogP contribution in [0.2, 0.25) is 0 Å². The van der Waals surface area contributed by atoms with Crippen molar-refractivity contribution >= 4 is 53.7 Å². The maximum absolute atomic E-state index is 9.69. The first kappa shape index (κ1) is 13.7. The zero-order chi connectivity index (χ0) is 7.71. The Bertz CT molecular complexity index is 241. The van der Waals surface area contributed by atoms with Crippen molar-refractivity contribution < 1.29 is 25.9 Å². The van der Waals surface area contributed by atoms with Crippen molar-refractivity contribution in [1.82, 2.24) is 0 Å². The van der Waals surface area contributed by atoms with Gasteiger partial charge in [0.05, 0.1) is 0 Å². The Morgan fingerprint density at radius 2 is 1.10 bits per heavy atom. The van der Waals surface area contributed by atoms with Crippen LogP contribution in [-0.2, 0) is 17.1 Å². The summed E-state index contributed by atoms with van der Waals surface area (Å²) in [5, 5.41) is 0. The van der Waals surface area contributed by atoms with Crippen LogP contribution >= 0.6 is 0 Å². The molecule has 0 atom stereocenters. The van der Waals surface area contributed by atoms with Crippen LogP contribution in [0.5, 0.6) is 0 Å². The minimum Gasteiger partial charge on any atom is 0 e. The maximum Gasteiger partial charge on any atom is 0 e. The fourth-order valence-electron chi connectivity index (χ4n) is 0.109. The molecule has 0 rings (SSSR count). The van der Waals surface area contributed by atoms with Gasteiger partial charge in [0.25, 0.3) is 0 Å².